The van der Waals surface area contributed by atoms with Gasteiger partial charge in [-0.1, -0.05) is 39.7 Å². The fourth-order valence-corrected chi connectivity index (χ4v) is 2.54. The minimum absolute atomic E-state index is 0.579. The highest BCUT2D eigenvalue weighted by Crippen LogP contribution is 2.22. The van der Waals surface area contributed by atoms with Crippen molar-refractivity contribution in [3.8, 4) is 5.75 Å². The van der Waals surface area contributed by atoms with Crippen LogP contribution in [-0.2, 0) is 13.1 Å². The Morgan fingerprint density at radius 2 is 1.90 bits per heavy atom. The summed E-state index contributed by atoms with van der Waals surface area (Å²) in [5.41, 5.74) is 8.15. The van der Waals surface area contributed by atoms with Crippen molar-refractivity contribution in [3.05, 3.63) is 29.3 Å². The van der Waals surface area contributed by atoms with E-state index in [-0.39, 0.29) is 0 Å². The van der Waals surface area contributed by atoms with Crippen molar-refractivity contribution in [3.63, 3.8) is 0 Å². The van der Waals surface area contributed by atoms with E-state index in [1.807, 2.05) is 12.1 Å². The summed E-state index contributed by atoms with van der Waals surface area (Å²) < 4.78 is 5.48. The highest BCUT2D eigenvalue weighted by Gasteiger charge is 2.13. The number of rotatable bonds is 9. The number of nitrogens with zero attached hydrogens (tertiary/aromatic N) is 1. The van der Waals surface area contributed by atoms with E-state index in [2.05, 4.69) is 31.7 Å². The van der Waals surface area contributed by atoms with Crippen LogP contribution in [0.3, 0.4) is 0 Å². The van der Waals surface area contributed by atoms with E-state index in [0.29, 0.717) is 6.54 Å². The number of ether oxygens (including phenoxy) is 1. The molecule has 0 saturated carbocycles. The van der Waals surface area contributed by atoms with Crippen LogP contribution in [-0.4, -0.2) is 25.1 Å². The second-order valence-electron chi connectivity index (χ2n) is 5.36. The van der Waals surface area contributed by atoms with E-state index in [1.165, 1.54) is 24.0 Å². The lowest BCUT2D eigenvalue weighted by Gasteiger charge is -2.26. The van der Waals surface area contributed by atoms with E-state index in [1.54, 1.807) is 7.11 Å². The monoisotopic (exact) mass is 278 g/mol. The van der Waals surface area contributed by atoms with E-state index < -0.39 is 0 Å². The van der Waals surface area contributed by atoms with Crippen molar-refractivity contribution in [2.75, 3.05) is 20.2 Å². The molecule has 114 valence electrons. The zero-order valence-corrected chi connectivity index (χ0v) is 13.5. The number of hydrogen-bond acceptors (Lipinski definition) is 3. The third-order valence-electron chi connectivity index (χ3n) is 4.09. The van der Waals surface area contributed by atoms with Crippen LogP contribution in [0.2, 0.25) is 0 Å². The summed E-state index contributed by atoms with van der Waals surface area (Å²) in [7, 11) is 1.73. The molecular formula is C17H30N2O. The van der Waals surface area contributed by atoms with E-state index in [4.69, 9.17) is 10.5 Å². The van der Waals surface area contributed by atoms with Gasteiger partial charge in [-0.05, 0) is 30.2 Å². The smallest absolute Gasteiger partial charge is 0.123 e. The molecule has 3 heteroatoms. The van der Waals surface area contributed by atoms with Gasteiger partial charge < -0.3 is 10.5 Å². The highest BCUT2D eigenvalue weighted by molar-refractivity contribution is 5.37. The van der Waals surface area contributed by atoms with Gasteiger partial charge in [0, 0.05) is 25.2 Å². The molecule has 0 atom stereocenters. The summed E-state index contributed by atoms with van der Waals surface area (Å²) >= 11 is 0. The molecule has 2 N–H and O–H groups in total. The zero-order chi connectivity index (χ0) is 15.0. The average Bonchev–Trinajstić information content (AvgIpc) is 2.51. The molecular weight excluding hydrogens is 248 g/mol. The van der Waals surface area contributed by atoms with Crippen LogP contribution in [0.25, 0.3) is 0 Å². The van der Waals surface area contributed by atoms with E-state index in [0.717, 1.165) is 31.3 Å². The molecule has 0 aliphatic rings. The molecule has 0 aromatic heterocycles. The van der Waals surface area contributed by atoms with Gasteiger partial charge in [0.25, 0.3) is 0 Å². The van der Waals surface area contributed by atoms with Gasteiger partial charge in [0.2, 0.25) is 0 Å². The Morgan fingerprint density at radius 1 is 1.20 bits per heavy atom. The molecule has 0 bridgehead atoms. The van der Waals surface area contributed by atoms with Crippen molar-refractivity contribution >= 4 is 0 Å². The first-order valence-electron chi connectivity index (χ1n) is 7.76. The zero-order valence-electron chi connectivity index (χ0n) is 13.5. The third-order valence-corrected chi connectivity index (χ3v) is 4.09. The Bertz CT molecular complexity index is 389. The molecule has 1 aromatic rings. The Kier molecular flexibility index (Phi) is 7.63. The molecule has 0 amide bonds. The van der Waals surface area contributed by atoms with Gasteiger partial charge in [0.05, 0.1) is 7.11 Å². The van der Waals surface area contributed by atoms with Gasteiger partial charge in [0.15, 0.2) is 0 Å². The van der Waals surface area contributed by atoms with Crippen molar-refractivity contribution in [2.24, 2.45) is 11.7 Å². The van der Waals surface area contributed by atoms with Gasteiger partial charge in [0.1, 0.15) is 5.75 Å². The first-order valence-corrected chi connectivity index (χ1v) is 7.76. The quantitative estimate of drug-likeness (QED) is 0.752. The Morgan fingerprint density at radius 3 is 2.40 bits per heavy atom. The Balaban J connectivity index is 2.82. The standard InChI is InChI=1S/C17H30N2O/c1-5-14(6-2)12-19(7-3)13-16-10-15(11-18)8-9-17(16)20-4/h8-10,14H,5-7,11-13,18H2,1-4H3. The maximum absolute atomic E-state index is 5.74. The highest BCUT2D eigenvalue weighted by atomic mass is 16.5. The summed E-state index contributed by atoms with van der Waals surface area (Å²) in [6.07, 6.45) is 2.49. The van der Waals surface area contributed by atoms with Gasteiger partial charge in [-0.25, -0.2) is 0 Å². The molecule has 3 nitrogen and oxygen atoms in total. The molecule has 0 aliphatic carbocycles. The number of hydrogen-bond donors (Lipinski definition) is 1. The summed E-state index contributed by atoms with van der Waals surface area (Å²) in [6, 6.07) is 6.25. The largest absolute Gasteiger partial charge is 0.496 e. The number of methoxy groups -OCH3 is 1. The molecule has 1 aromatic carbocycles. The molecule has 1 rings (SSSR count). The molecule has 0 unspecified atom stereocenters. The maximum Gasteiger partial charge on any atom is 0.123 e. The van der Waals surface area contributed by atoms with Crippen LogP contribution < -0.4 is 10.5 Å². The number of nitrogens with two attached hydrogens (primary N) is 1. The molecule has 0 aliphatic heterocycles. The molecule has 0 radical (unpaired) electrons. The van der Waals surface area contributed by atoms with Crippen LogP contribution in [0.15, 0.2) is 18.2 Å². The van der Waals surface area contributed by atoms with Gasteiger partial charge in [-0.15, -0.1) is 0 Å². The van der Waals surface area contributed by atoms with Crippen molar-refractivity contribution in [2.45, 2.75) is 46.7 Å². The summed E-state index contributed by atoms with van der Waals surface area (Å²) in [4.78, 5) is 2.50. The second-order valence-corrected chi connectivity index (χ2v) is 5.36. The first-order chi connectivity index (χ1) is 9.68. The minimum Gasteiger partial charge on any atom is -0.496 e. The van der Waals surface area contributed by atoms with E-state index >= 15 is 0 Å². The molecule has 0 spiro atoms. The lowest BCUT2D eigenvalue weighted by Crippen LogP contribution is -2.29. The van der Waals surface area contributed by atoms with Crippen molar-refractivity contribution in [1.82, 2.24) is 4.90 Å². The fourth-order valence-electron chi connectivity index (χ4n) is 2.54. The van der Waals surface area contributed by atoms with Crippen LogP contribution in [0.1, 0.15) is 44.7 Å². The maximum atomic E-state index is 5.74. The minimum atomic E-state index is 0.579. The lowest BCUT2D eigenvalue weighted by molar-refractivity contribution is 0.223. The SMILES string of the molecule is CCC(CC)CN(CC)Cc1cc(CN)ccc1OC. The second kappa shape index (κ2) is 8.98. The molecule has 20 heavy (non-hydrogen) atoms. The molecule has 0 fully saturated rings. The molecule has 0 saturated heterocycles. The third kappa shape index (κ3) is 4.80. The average molecular weight is 278 g/mol. The Hall–Kier alpha value is -1.06. The topological polar surface area (TPSA) is 38.5 Å². The van der Waals surface area contributed by atoms with Gasteiger partial charge in [-0.2, -0.15) is 0 Å². The fraction of sp³-hybridized carbons (Fsp3) is 0.647. The van der Waals surface area contributed by atoms with Gasteiger partial charge in [-0.3, -0.25) is 4.90 Å². The van der Waals surface area contributed by atoms with Crippen LogP contribution >= 0.6 is 0 Å². The summed E-state index contributed by atoms with van der Waals surface area (Å²) in [6.45, 7) is 10.5. The van der Waals surface area contributed by atoms with Crippen LogP contribution in [0.4, 0.5) is 0 Å². The predicted octanol–water partition coefficient (Wildman–Crippen LogP) is 3.41. The van der Waals surface area contributed by atoms with Crippen LogP contribution in [0, 0.1) is 5.92 Å². The Labute approximate surface area is 124 Å². The lowest BCUT2D eigenvalue weighted by atomic mass is 10.0. The predicted molar refractivity (Wildman–Crippen MR) is 85.9 cm³/mol. The molecule has 0 heterocycles. The normalized spacial score (nSPS) is 11.3. The van der Waals surface area contributed by atoms with Crippen molar-refractivity contribution < 1.29 is 4.74 Å². The first kappa shape index (κ1) is 17.0. The van der Waals surface area contributed by atoms with Crippen LogP contribution in [0.5, 0.6) is 5.75 Å². The van der Waals surface area contributed by atoms with Crippen molar-refractivity contribution in [1.29, 1.82) is 0 Å². The summed E-state index contributed by atoms with van der Waals surface area (Å²) in [5.74, 6) is 1.74. The van der Waals surface area contributed by atoms with Gasteiger partial charge >= 0.3 is 0 Å². The number of benzene rings is 1. The van der Waals surface area contributed by atoms with E-state index in [9.17, 15) is 0 Å². The summed E-state index contributed by atoms with van der Waals surface area (Å²) in [5, 5.41) is 0.